The molecule has 0 bridgehead atoms. The zero-order valence-corrected chi connectivity index (χ0v) is 9.92. The van der Waals surface area contributed by atoms with Gasteiger partial charge in [-0.3, -0.25) is 9.59 Å². The highest BCUT2D eigenvalue weighted by molar-refractivity contribution is 5.84. The summed E-state index contributed by atoms with van der Waals surface area (Å²) < 4.78 is 0. The molecule has 1 rings (SSSR count). The molecule has 0 aromatic carbocycles. The molecule has 0 aliphatic carbocycles. The van der Waals surface area contributed by atoms with Gasteiger partial charge in [0.05, 0.1) is 5.92 Å². The second-order valence-electron chi connectivity index (χ2n) is 4.41. The Bertz CT molecular complexity index is 336. The van der Waals surface area contributed by atoms with Gasteiger partial charge in [-0.2, -0.15) is 0 Å². The van der Waals surface area contributed by atoms with Crippen LogP contribution in [0.1, 0.15) is 13.8 Å². The number of aliphatic carboxylic acids is 1. The maximum atomic E-state index is 11.9. The van der Waals surface area contributed by atoms with Crippen LogP contribution < -0.4 is 5.73 Å². The largest absolute Gasteiger partial charge is 0.481 e. The molecule has 0 spiro atoms. The average molecular weight is 243 g/mol. The van der Waals surface area contributed by atoms with E-state index in [4.69, 9.17) is 10.8 Å². The van der Waals surface area contributed by atoms with Crippen molar-refractivity contribution in [3.05, 3.63) is 0 Å². The molecular formula is C10H17N3O4. The van der Waals surface area contributed by atoms with Crippen molar-refractivity contribution in [2.24, 2.45) is 11.7 Å². The molecule has 3 N–H and O–H groups in total. The molecular weight excluding hydrogens is 226 g/mol. The van der Waals surface area contributed by atoms with E-state index in [2.05, 4.69) is 0 Å². The van der Waals surface area contributed by atoms with Crippen LogP contribution in [-0.4, -0.2) is 58.5 Å². The van der Waals surface area contributed by atoms with Gasteiger partial charge in [-0.25, -0.2) is 4.79 Å². The van der Waals surface area contributed by atoms with Gasteiger partial charge in [-0.1, -0.05) is 0 Å². The maximum Gasteiger partial charge on any atom is 0.320 e. The third-order valence-electron chi connectivity index (χ3n) is 2.70. The van der Waals surface area contributed by atoms with E-state index in [-0.39, 0.29) is 31.7 Å². The summed E-state index contributed by atoms with van der Waals surface area (Å²) in [7, 11) is 0. The molecule has 7 nitrogen and oxygen atoms in total. The summed E-state index contributed by atoms with van der Waals surface area (Å²) in [6.07, 6.45) is 0. The van der Waals surface area contributed by atoms with Crippen molar-refractivity contribution < 1.29 is 19.5 Å². The van der Waals surface area contributed by atoms with E-state index >= 15 is 0 Å². The zero-order valence-electron chi connectivity index (χ0n) is 9.92. The van der Waals surface area contributed by atoms with E-state index in [1.165, 1.54) is 9.80 Å². The SMILES string of the molecule is CC(C)N(CC(N)=O)C(=O)N1CC(C(=O)O)C1. The fraction of sp³-hybridized carbons (Fsp3) is 0.700. The minimum atomic E-state index is -0.903. The number of primary amides is 1. The highest BCUT2D eigenvalue weighted by Crippen LogP contribution is 2.18. The van der Waals surface area contributed by atoms with Crippen LogP contribution in [0.15, 0.2) is 0 Å². The average Bonchev–Trinajstić information content (AvgIpc) is 2.09. The molecule has 0 atom stereocenters. The summed E-state index contributed by atoms with van der Waals surface area (Å²) in [5, 5.41) is 8.70. The lowest BCUT2D eigenvalue weighted by atomic mass is 10.0. The van der Waals surface area contributed by atoms with Gasteiger partial charge in [0.2, 0.25) is 5.91 Å². The number of carboxylic acid groups (broad SMARTS) is 1. The second kappa shape index (κ2) is 5.03. The van der Waals surface area contributed by atoms with E-state index in [0.29, 0.717) is 0 Å². The Labute approximate surface area is 99.2 Å². The normalized spacial score (nSPS) is 15.6. The van der Waals surface area contributed by atoms with Gasteiger partial charge in [0, 0.05) is 19.1 Å². The summed E-state index contributed by atoms with van der Waals surface area (Å²) in [6, 6.07) is -0.491. The molecule has 1 saturated heterocycles. The summed E-state index contributed by atoms with van der Waals surface area (Å²) in [5.41, 5.74) is 5.06. The first-order valence-corrected chi connectivity index (χ1v) is 5.39. The number of carbonyl (C=O) groups is 3. The van der Waals surface area contributed by atoms with E-state index in [9.17, 15) is 14.4 Å². The number of amides is 3. The number of carboxylic acids is 1. The first kappa shape index (κ1) is 13.3. The van der Waals surface area contributed by atoms with E-state index in [0.717, 1.165) is 0 Å². The van der Waals surface area contributed by atoms with Crippen molar-refractivity contribution in [2.75, 3.05) is 19.6 Å². The van der Waals surface area contributed by atoms with Gasteiger partial charge in [-0.05, 0) is 13.8 Å². The topological polar surface area (TPSA) is 104 Å². The lowest BCUT2D eigenvalue weighted by Crippen LogP contribution is -2.59. The van der Waals surface area contributed by atoms with Crippen molar-refractivity contribution in [1.29, 1.82) is 0 Å². The molecule has 1 aliphatic heterocycles. The Kier molecular flexibility index (Phi) is 3.93. The minimum Gasteiger partial charge on any atom is -0.481 e. The Morgan fingerprint density at radius 3 is 2.29 bits per heavy atom. The molecule has 0 aromatic heterocycles. The summed E-state index contributed by atoms with van der Waals surface area (Å²) in [5.74, 6) is -1.98. The Hall–Kier alpha value is -1.79. The summed E-state index contributed by atoms with van der Waals surface area (Å²) >= 11 is 0. The molecule has 1 aliphatic rings. The number of hydrogen-bond donors (Lipinski definition) is 2. The Morgan fingerprint density at radius 1 is 1.41 bits per heavy atom. The molecule has 0 unspecified atom stereocenters. The number of rotatable bonds is 4. The van der Waals surface area contributed by atoms with Crippen molar-refractivity contribution >= 4 is 17.9 Å². The zero-order chi connectivity index (χ0) is 13.2. The lowest BCUT2D eigenvalue weighted by molar-refractivity contribution is -0.146. The molecule has 0 aromatic rings. The van der Waals surface area contributed by atoms with Crippen molar-refractivity contribution in [2.45, 2.75) is 19.9 Å². The van der Waals surface area contributed by atoms with Crippen molar-refractivity contribution in [1.82, 2.24) is 9.80 Å². The van der Waals surface area contributed by atoms with Crippen molar-refractivity contribution in [3.8, 4) is 0 Å². The van der Waals surface area contributed by atoms with Gasteiger partial charge < -0.3 is 20.6 Å². The monoisotopic (exact) mass is 243 g/mol. The van der Waals surface area contributed by atoms with Crippen LogP contribution in [0.2, 0.25) is 0 Å². The molecule has 96 valence electrons. The number of likely N-dealkylation sites (tertiary alicyclic amines) is 1. The highest BCUT2D eigenvalue weighted by Gasteiger charge is 2.38. The van der Waals surface area contributed by atoms with Gasteiger partial charge in [-0.15, -0.1) is 0 Å². The molecule has 1 heterocycles. The minimum absolute atomic E-state index is 0.148. The predicted octanol–water partition coefficient (Wildman–Crippen LogP) is -0.681. The van der Waals surface area contributed by atoms with Gasteiger partial charge in [0.15, 0.2) is 0 Å². The van der Waals surface area contributed by atoms with Crippen LogP contribution in [0.4, 0.5) is 4.79 Å². The van der Waals surface area contributed by atoms with E-state index < -0.39 is 17.8 Å². The Morgan fingerprint density at radius 2 is 1.94 bits per heavy atom. The summed E-state index contributed by atoms with van der Waals surface area (Å²) in [6.45, 7) is 3.78. The van der Waals surface area contributed by atoms with Crippen LogP contribution >= 0.6 is 0 Å². The number of hydrogen-bond acceptors (Lipinski definition) is 3. The van der Waals surface area contributed by atoms with Crippen LogP contribution in [-0.2, 0) is 9.59 Å². The molecule has 7 heteroatoms. The van der Waals surface area contributed by atoms with Crippen LogP contribution in [0.5, 0.6) is 0 Å². The molecule has 0 saturated carbocycles. The van der Waals surface area contributed by atoms with Crippen LogP contribution in [0.25, 0.3) is 0 Å². The first-order chi connectivity index (χ1) is 7.82. The third kappa shape index (κ3) is 3.08. The Balaban J connectivity index is 2.56. The molecule has 17 heavy (non-hydrogen) atoms. The quantitative estimate of drug-likeness (QED) is 0.682. The van der Waals surface area contributed by atoms with Crippen molar-refractivity contribution in [3.63, 3.8) is 0 Å². The summed E-state index contributed by atoms with van der Waals surface area (Å²) in [4.78, 5) is 36.1. The standard InChI is InChI=1S/C10H17N3O4/c1-6(2)13(5-8(11)14)10(17)12-3-7(4-12)9(15)16/h6-7H,3-5H2,1-2H3,(H2,11,14)(H,15,16). The number of urea groups is 1. The van der Waals surface area contributed by atoms with E-state index in [1.807, 2.05) is 0 Å². The highest BCUT2D eigenvalue weighted by atomic mass is 16.4. The van der Waals surface area contributed by atoms with Gasteiger partial charge >= 0.3 is 12.0 Å². The number of nitrogens with zero attached hydrogens (tertiary/aromatic N) is 2. The molecule has 3 amide bonds. The lowest BCUT2D eigenvalue weighted by Gasteiger charge is -2.40. The number of nitrogens with two attached hydrogens (primary N) is 1. The fourth-order valence-electron chi connectivity index (χ4n) is 1.61. The first-order valence-electron chi connectivity index (χ1n) is 5.39. The maximum absolute atomic E-state index is 11.9. The predicted molar refractivity (Wildman–Crippen MR) is 59.1 cm³/mol. The van der Waals surface area contributed by atoms with Crippen LogP contribution in [0.3, 0.4) is 0 Å². The number of carbonyl (C=O) groups excluding carboxylic acids is 2. The second-order valence-corrected chi connectivity index (χ2v) is 4.41. The molecule has 0 radical (unpaired) electrons. The van der Waals surface area contributed by atoms with Crippen LogP contribution in [0, 0.1) is 5.92 Å². The van der Waals surface area contributed by atoms with E-state index in [1.54, 1.807) is 13.8 Å². The third-order valence-corrected chi connectivity index (χ3v) is 2.70. The van der Waals surface area contributed by atoms with Gasteiger partial charge in [0.1, 0.15) is 6.54 Å². The smallest absolute Gasteiger partial charge is 0.320 e. The fourth-order valence-corrected chi connectivity index (χ4v) is 1.61. The molecule has 1 fully saturated rings. The van der Waals surface area contributed by atoms with Gasteiger partial charge in [0.25, 0.3) is 0 Å².